The lowest BCUT2D eigenvalue weighted by Gasteiger charge is -2.22. The molecule has 1 heterocycles. The molecule has 1 aromatic carbocycles. The third-order valence-electron chi connectivity index (χ3n) is 3.46. The Kier molecular flexibility index (Phi) is 2.48. The number of methoxy groups -OCH3 is 1. The van der Waals surface area contributed by atoms with Crippen molar-refractivity contribution < 1.29 is 9.84 Å². The molecule has 1 unspecified atom stereocenters. The molecule has 3 heteroatoms. The number of aliphatic hydroxyl groups is 1. The van der Waals surface area contributed by atoms with E-state index in [4.69, 9.17) is 4.74 Å². The molecule has 0 bridgehead atoms. The molecular formula is C14H15NO2. The maximum atomic E-state index is 10.2. The van der Waals surface area contributed by atoms with Crippen molar-refractivity contribution in [1.82, 2.24) is 4.98 Å². The van der Waals surface area contributed by atoms with Crippen LogP contribution >= 0.6 is 0 Å². The number of nitrogens with zero attached hydrogens (tertiary/aromatic N) is 1. The van der Waals surface area contributed by atoms with Gasteiger partial charge in [0.1, 0.15) is 5.75 Å². The molecule has 0 fully saturated rings. The van der Waals surface area contributed by atoms with Crippen molar-refractivity contribution in [2.45, 2.75) is 25.4 Å². The van der Waals surface area contributed by atoms with E-state index >= 15 is 0 Å². The molecule has 1 aliphatic rings. The molecule has 3 nitrogen and oxygen atoms in total. The van der Waals surface area contributed by atoms with Gasteiger partial charge in [-0.3, -0.25) is 4.98 Å². The quantitative estimate of drug-likeness (QED) is 0.817. The molecule has 1 aromatic heterocycles. The Hall–Kier alpha value is -1.61. The summed E-state index contributed by atoms with van der Waals surface area (Å²) in [7, 11) is 1.65. The average molecular weight is 229 g/mol. The Morgan fingerprint density at radius 1 is 1.41 bits per heavy atom. The van der Waals surface area contributed by atoms with Crippen molar-refractivity contribution >= 4 is 10.9 Å². The zero-order valence-electron chi connectivity index (χ0n) is 9.81. The van der Waals surface area contributed by atoms with Crippen LogP contribution in [-0.2, 0) is 6.42 Å². The molecule has 1 aliphatic carbocycles. The third-order valence-corrected chi connectivity index (χ3v) is 3.46. The van der Waals surface area contributed by atoms with Gasteiger partial charge < -0.3 is 9.84 Å². The SMILES string of the molecule is COc1ccc2ncc3c(c2c1)C(O)CCC3. The van der Waals surface area contributed by atoms with Gasteiger partial charge in [-0.2, -0.15) is 0 Å². The monoisotopic (exact) mass is 229 g/mol. The fourth-order valence-electron chi connectivity index (χ4n) is 2.58. The lowest BCUT2D eigenvalue weighted by atomic mass is 9.88. The molecule has 3 rings (SSSR count). The second kappa shape index (κ2) is 4.00. The van der Waals surface area contributed by atoms with Crippen molar-refractivity contribution in [3.05, 3.63) is 35.5 Å². The summed E-state index contributed by atoms with van der Waals surface area (Å²) in [6, 6.07) is 5.81. The molecular weight excluding hydrogens is 214 g/mol. The number of ether oxygens (including phenoxy) is 1. The van der Waals surface area contributed by atoms with E-state index in [2.05, 4.69) is 4.98 Å². The van der Waals surface area contributed by atoms with Crippen LogP contribution in [0.15, 0.2) is 24.4 Å². The summed E-state index contributed by atoms with van der Waals surface area (Å²) >= 11 is 0. The van der Waals surface area contributed by atoms with Crippen molar-refractivity contribution in [2.75, 3.05) is 7.11 Å². The van der Waals surface area contributed by atoms with Crippen LogP contribution in [0.4, 0.5) is 0 Å². The summed E-state index contributed by atoms with van der Waals surface area (Å²) in [5.41, 5.74) is 3.13. The van der Waals surface area contributed by atoms with Crippen molar-refractivity contribution in [3.63, 3.8) is 0 Å². The average Bonchev–Trinajstić information content (AvgIpc) is 2.38. The first-order valence-corrected chi connectivity index (χ1v) is 5.93. The van der Waals surface area contributed by atoms with E-state index in [9.17, 15) is 5.11 Å². The minimum atomic E-state index is -0.364. The second-order valence-corrected chi connectivity index (χ2v) is 4.49. The van der Waals surface area contributed by atoms with E-state index in [0.29, 0.717) is 0 Å². The highest BCUT2D eigenvalue weighted by atomic mass is 16.5. The predicted molar refractivity (Wildman–Crippen MR) is 66.2 cm³/mol. The number of pyridine rings is 1. The summed E-state index contributed by atoms with van der Waals surface area (Å²) in [5, 5.41) is 11.2. The summed E-state index contributed by atoms with van der Waals surface area (Å²) < 4.78 is 5.24. The van der Waals surface area contributed by atoms with Gasteiger partial charge in [0.05, 0.1) is 18.7 Å². The number of hydrogen-bond donors (Lipinski definition) is 1. The van der Waals surface area contributed by atoms with Gasteiger partial charge >= 0.3 is 0 Å². The number of hydrogen-bond acceptors (Lipinski definition) is 3. The lowest BCUT2D eigenvalue weighted by Crippen LogP contribution is -2.10. The Morgan fingerprint density at radius 3 is 3.12 bits per heavy atom. The van der Waals surface area contributed by atoms with Crippen LogP contribution in [0, 0.1) is 0 Å². The minimum Gasteiger partial charge on any atom is -0.497 e. The van der Waals surface area contributed by atoms with Gasteiger partial charge in [0.2, 0.25) is 0 Å². The molecule has 0 aliphatic heterocycles. The van der Waals surface area contributed by atoms with Crippen LogP contribution in [0.1, 0.15) is 30.1 Å². The van der Waals surface area contributed by atoms with Crippen LogP contribution in [-0.4, -0.2) is 17.2 Å². The zero-order valence-corrected chi connectivity index (χ0v) is 9.81. The molecule has 2 aromatic rings. The van der Waals surface area contributed by atoms with E-state index in [1.54, 1.807) is 7.11 Å². The van der Waals surface area contributed by atoms with Gasteiger partial charge in [-0.1, -0.05) is 0 Å². The number of aliphatic hydroxyl groups excluding tert-OH is 1. The first kappa shape index (κ1) is 10.5. The maximum Gasteiger partial charge on any atom is 0.119 e. The fourth-order valence-corrected chi connectivity index (χ4v) is 2.58. The second-order valence-electron chi connectivity index (χ2n) is 4.49. The first-order chi connectivity index (χ1) is 8.29. The smallest absolute Gasteiger partial charge is 0.119 e. The molecule has 88 valence electrons. The highest BCUT2D eigenvalue weighted by molar-refractivity contribution is 5.85. The number of rotatable bonds is 1. The van der Waals surface area contributed by atoms with Crippen LogP contribution in [0.25, 0.3) is 10.9 Å². The summed E-state index contributed by atoms with van der Waals surface area (Å²) in [5.74, 6) is 0.811. The van der Waals surface area contributed by atoms with Crippen molar-refractivity contribution in [1.29, 1.82) is 0 Å². The van der Waals surface area contributed by atoms with Gasteiger partial charge in [-0.05, 0) is 48.6 Å². The molecule has 1 atom stereocenters. The lowest BCUT2D eigenvalue weighted by molar-refractivity contribution is 0.158. The molecule has 0 saturated heterocycles. The topological polar surface area (TPSA) is 42.4 Å². The molecule has 0 saturated carbocycles. The Morgan fingerprint density at radius 2 is 2.29 bits per heavy atom. The Bertz CT molecular complexity index is 560. The summed E-state index contributed by atoms with van der Waals surface area (Å²) in [6.07, 6.45) is 4.41. The van der Waals surface area contributed by atoms with Crippen LogP contribution in [0.5, 0.6) is 5.75 Å². The zero-order chi connectivity index (χ0) is 11.8. The maximum absolute atomic E-state index is 10.2. The molecule has 0 amide bonds. The van der Waals surface area contributed by atoms with Gasteiger partial charge in [-0.15, -0.1) is 0 Å². The minimum absolute atomic E-state index is 0.364. The third kappa shape index (κ3) is 1.67. The van der Waals surface area contributed by atoms with Crippen LogP contribution in [0.2, 0.25) is 0 Å². The van der Waals surface area contributed by atoms with E-state index in [1.165, 1.54) is 5.56 Å². The molecule has 17 heavy (non-hydrogen) atoms. The Labute approximate surface area is 100 Å². The number of aryl methyl sites for hydroxylation is 1. The largest absolute Gasteiger partial charge is 0.497 e. The Balaban J connectivity index is 2.30. The van der Waals surface area contributed by atoms with Gasteiger partial charge in [0.15, 0.2) is 0 Å². The van der Waals surface area contributed by atoms with E-state index in [-0.39, 0.29) is 6.10 Å². The van der Waals surface area contributed by atoms with Crippen LogP contribution < -0.4 is 4.74 Å². The predicted octanol–water partition coefficient (Wildman–Crippen LogP) is 2.61. The summed E-state index contributed by atoms with van der Waals surface area (Å²) in [4.78, 5) is 4.44. The molecule has 1 N–H and O–H groups in total. The number of benzene rings is 1. The standard InChI is InChI=1S/C14H15NO2/c1-17-10-5-6-12-11(7-10)14-9(8-15-12)3-2-4-13(14)16/h5-8,13,16H,2-4H2,1H3. The van der Waals surface area contributed by atoms with Gasteiger partial charge in [0, 0.05) is 11.6 Å². The van der Waals surface area contributed by atoms with Gasteiger partial charge in [0.25, 0.3) is 0 Å². The normalized spacial score (nSPS) is 19.1. The van der Waals surface area contributed by atoms with Crippen molar-refractivity contribution in [2.24, 2.45) is 0 Å². The highest BCUT2D eigenvalue weighted by Gasteiger charge is 2.21. The van der Waals surface area contributed by atoms with E-state index in [1.807, 2.05) is 24.4 Å². The summed E-state index contributed by atoms with van der Waals surface area (Å²) in [6.45, 7) is 0. The van der Waals surface area contributed by atoms with Crippen LogP contribution in [0.3, 0.4) is 0 Å². The first-order valence-electron chi connectivity index (χ1n) is 5.93. The van der Waals surface area contributed by atoms with E-state index in [0.717, 1.165) is 41.5 Å². The molecule has 0 spiro atoms. The van der Waals surface area contributed by atoms with Crippen molar-refractivity contribution in [3.8, 4) is 5.75 Å². The highest BCUT2D eigenvalue weighted by Crippen LogP contribution is 2.35. The fraction of sp³-hybridized carbons (Fsp3) is 0.357. The molecule has 0 radical (unpaired) electrons. The number of aromatic nitrogens is 1. The van der Waals surface area contributed by atoms with E-state index < -0.39 is 0 Å². The number of fused-ring (bicyclic) bond motifs is 3. The van der Waals surface area contributed by atoms with Gasteiger partial charge in [-0.25, -0.2) is 0 Å².